The quantitative estimate of drug-likeness (QED) is 0.790. The molecule has 2 rings (SSSR count). The van der Waals surface area contributed by atoms with Crippen molar-refractivity contribution in [2.24, 2.45) is 0 Å². The van der Waals surface area contributed by atoms with E-state index in [9.17, 15) is 9.59 Å². The second-order valence-corrected chi connectivity index (χ2v) is 6.39. The lowest BCUT2D eigenvalue weighted by molar-refractivity contribution is -0.116. The van der Waals surface area contributed by atoms with Gasteiger partial charge in [-0.05, 0) is 39.0 Å². The van der Waals surface area contributed by atoms with Crippen LogP contribution in [0.5, 0.6) is 0 Å². The summed E-state index contributed by atoms with van der Waals surface area (Å²) in [7, 11) is 1.62. The molecule has 0 aliphatic heterocycles. The lowest BCUT2D eigenvalue weighted by atomic mass is 9.91. The van der Waals surface area contributed by atoms with Crippen molar-refractivity contribution in [2.45, 2.75) is 26.3 Å². The first-order chi connectivity index (χ1) is 10.8. The molecule has 0 aliphatic carbocycles. The van der Waals surface area contributed by atoms with E-state index in [0.717, 1.165) is 17.4 Å². The van der Waals surface area contributed by atoms with Gasteiger partial charge in [-0.15, -0.1) is 0 Å². The number of hydrogen-bond acceptors (Lipinski definition) is 2. The molecule has 0 spiro atoms. The van der Waals surface area contributed by atoms with E-state index in [1.807, 2.05) is 32.0 Å². The molecule has 3 nitrogen and oxygen atoms in total. The van der Waals surface area contributed by atoms with Crippen LogP contribution in [0.15, 0.2) is 42.5 Å². The summed E-state index contributed by atoms with van der Waals surface area (Å²) in [6, 6.07) is 12.7. The molecule has 1 amide bonds. The van der Waals surface area contributed by atoms with Crippen molar-refractivity contribution in [1.29, 1.82) is 0 Å². The average molecular weight is 330 g/mol. The number of likely N-dealkylation sites (N-methyl/N-ethyl adjacent to an activating group) is 1. The molecule has 0 unspecified atom stereocenters. The van der Waals surface area contributed by atoms with Gasteiger partial charge in [0.05, 0.1) is 0 Å². The Morgan fingerprint density at radius 1 is 1.13 bits per heavy atom. The zero-order valence-electron chi connectivity index (χ0n) is 13.8. The lowest BCUT2D eigenvalue weighted by Crippen LogP contribution is -2.46. The number of amides is 1. The van der Waals surface area contributed by atoms with Crippen LogP contribution < -0.4 is 0 Å². The van der Waals surface area contributed by atoms with Gasteiger partial charge in [-0.1, -0.05) is 47.0 Å². The molecule has 0 fully saturated rings. The molecule has 0 radical (unpaired) electrons. The van der Waals surface area contributed by atoms with Crippen LogP contribution in [0.3, 0.4) is 0 Å². The minimum atomic E-state index is -1.13. The predicted octanol–water partition coefficient (Wildman–Crippen LogP) is 4.14. The van der Waals surface area contributed by atoms with E-state index in [0.29, 0.717) is 16.1 Å². The van der Waals surface area contributed by atoms with Gasteiger partial charge < -0.3 is 9.69 Å². The molecule has 0 aromatic heterocycles. The van der Waals surface area contributed by atoms with E-state index in [4.69, 9.17) is 11.6 Å². The second kappa shape index (κ2) is 6.55. The van der Waals surface area contributed by atoms with E-state index < -0.39 is 5.54 Å². The molecule has 0 N–H and O–H groups in total. The Bertz CT molecular complexity index is 737. The fourth-order valence-corrected chi connectivity index (χ4v) is 3.02. The third-order valence-corrected chi connectivity index (χ3v) is 4.45. The number of aldehydes is 1. The summed E-state index contributed by atoms with van der Waals surface area (Å²) in [5.41, 5.74) is 2.05. The van der Waals surface area contributed by atoms with Crippen LogP contribution in [0.1, 0.15) is 34.0 Å². The highest BCUT2D eigenvalue weighted by Crippen LogP contribution is 2.32. The van der Waals surface area contributed by atoms with Crippen LogP contribution in [0, 0.1) is 13.8 Å². The summed E-state index contributed by atoms with van der Waals surface area (Å²) in [4.78, 5) is 26.1. The number of aryl methyl sites for hydroxylation is 2. The first-order valence-corrected chi connectivity index (χ1v) is 7.75. The fraction of sp³-hybridized carbons (Fsp3) is 0.263. The minimum absolute atomic E-state index is 0.216. The molecule has 23 heavy (non-hydrogen) atoms. The summed E-state index contributed by atoms with van der Waals surface area (Å²) >= 11 is 6.24. The van der Waals surface area contributed by atoms with Crippen molar-refractivity contribution in [3.8, 4) is 0 Å². The smallest absolute Gasteiger partial charge is 0.254 e. The Labute approximate surface area is 141 Å². The van der Waals surface area contributed by atoms with Gasteiger partial charge in [0, 0.05) is 23.2 Å². The minimum Gasteiger partial charge on any atom is -0.325 e. The molecule has 4 heteroatoms. The summed E-state index contributed by atoms with van der Waals surface area (Å²) in [5, 5.41) is 0.460. The normalized spacial score (nSPS) is 13.3. The standard InChI is InChI=1S/C19H20ClNO2/c1-13-9-14(2)11-15(10-13)18(23)21(4)19(3,12-22)16-7-5-6-8-17(16)20/h5-12H,1-4H3/t19-/m0/s1. The summed E-state index contributed by atoms with van der Waals surface area (Å²) in [5.74, 6) is -0.216. The van der Waals surface area contributed by atoms with Gasteiger partial charge in [-0.3, -0.25) is 4.79 Å². The van der Waals surface area contributed by atoms with E-state index in [-0.39, 0.29) is 5.91 Å². The van der Waals surface area contributed by atoms with Crippen LogP contribution in [0.25, 0.3) is 0 Å². The summed E-state index contributed by atoms with van der Waals surface area (Å²) < 4.78 is 0. The Balaban J connectivity index is 2.47. The van der Waals surface area contributed by atoms with Crippen molar-refractivity contribution in [3.63, 3.8) is 0 Å². The van der Waals surface area contributed by atoms with E-state index in [2.05, 4.69) is 0 Å². The molecular formula is C19H20ClNO2. The van der Waals surface area contributed by atoms with Crippen LogP contribution >= 0.6 is 11.6 Å². The Kier molecular flexibility index (Phi) is 4.90. The third kappa shape index (κ3) is 3.30. The number of carbonyl (C=O) groups excluding carboxylic acids is 2. The van der Waals surface area contributed by atoms with E-state index in [1.165, 1.54) is 4.90 Å². The summed E-state index contributed by atoms with van der Waals surface area (Å²) in [6.07, 6.45) is 0.759. The molecule has 0 saturated heterocycles. The molecule has 2 aromatic carbocycles. The number of hydrogen-bond donors (Lipinski definition) is 0. The topological polar surface area (TPSA) is 37.4 Å². The van der Waals surface area contributed by atoms with Gasteiger partial charge in [0.2, 0.25) is 0 Å². The largest absolute Gasteiger partial charge is 0.325 e. The third-order valence-electron chi connectivity index (χ3n) is 4.12. The SMILES string of the molecule is Cc1cc(C)cc(C(=O)N(C)[C@@](C)(C=O)c2ccccc2Cl)c1. The van der Waals surface area contributed by atoms with Crippen molar-refractivity contribution >= 4 is 23.8 Å². The number of halogens is 1. The average Bonchev–Trinajstić information content (AvgIpc) is 2.52. The first kappa shape index (κ1) is 17.2. The Hall–Kier alpha value is -2.13. The Morgan fingerprint density at radius 3 is 2.22 bits per heavy atom. The number of carbonyl (C=O) groups is 2. The molecule has 120 valence electrons. The highest BCUT2D eigenvalue weighted by molar-refractivity contribution is 6.31. The van der Waals surface area contributed by atoms with Gasteiger partial charge >= 0.3 is 0 Å². The maximum Gasteiger partial charge on any atom is 0.254 e. The Morgan fingerprint density at radius 2 is 1.70 bits per heavy atom. The van der Waals surface area contributed by atoms with Crippen molar-refractivity contribution in [1.82, 2.24) is 4.90 Å². The van der Waals surface area contributed by atoms with Gasteiger partial charge in [-0.25, -0.2) is 0 Å². The monoisotopic (exact) mass is 329 g/mol. The molecule has 0 bridgehead atoms. The van der Waals surface area contributed by atoms with Gasteiger partial charge in [-0.2, -0.15) is 0 Å². The van der Waals surface area contributed by atoms with Crippen LogP contribution in [-0.2, 0) is 10.3 Å². The lowest BCUT2D eigenvalue weighted by Gasteiger charge is -2.35. The molecule has 2 aromatic rings. The number of nitrogens with zero attached hydrogens (tertiary/aromatic N) is 1. The maximum absolute atomic E-state index is 12.9. The van der Waals surface area contributed by atoms with Crippen LogP contribution in [-0.4, -0.2) is 24.1 Å². The highest BCUT2D eigenvalue weighted by Gasteiger charge is 2.36. The van der Waals surface area contributed by atoms with Crippen molar-refractivity contribution in [3.05, 3.63) is 69.7 Å². The zero-order valence-corrected chi connectivity index (χ0v) is 14.5. The van der Waals surface area contributed by atoms with Crippen molar-refractivity contribution in [2.75, 3.05) is 7.05 Å². The fourth-order valence-electron chi connectivity index (χ4n) is 2.70. The number of rotatable bonds is 4. The molecule has 0 heterocycles. The maximum atomic E-state index is 12.9. The van der Waals surface area contributed by atoms with Crippen LogP contribution in [0.4, 0.5) is 0 Å². The summed E-state index contributed by atoms with van der Waals surface area (Å²) in [6.45, 7) is 5.58. The number of benzene rings is 2. The van der Waals surface area contributed by atoms with Gasteiger partial charge in [0.15, 0.2) is 0 Å². The van der Waals surface area contributed by atoms with E-state index >= 15 is 0 Å². The molecule has 1 atom stereocenters. The van der Waals surface area contributed by atoms with Gasteiger partial charge in [0.25, 0.3) is 5.91 Å². The first-order valence-electron chi connectivity index (χ1n) is 7.37. The zero-order chi connectivity index (χ0) is 17.2. The predicted molar refractivity (Wildman–Crippen MR) is 92.9 cm³/mol. The van der Waals surface area contributed by atoms with Gasteiger partial charge in [0.1, 0.15) is 11.8 Å². The molecule has 0 saturated carbocycles. The second-order valence-electron chi connectivity index (χ2n) is 5.99. The highest BCUT2D eigenvalue weighted by atomic mass is 35.5. The van der Waals surface area contributed by atoms with Crippen LogP contribution in [0.2, 0.25) is 5.02 Å². The molecular weight excluding hydrogens is 310 g/mol. The van der Waals surface area contributed by atoms with Crippen molar-refractivity contribution < 1.29 is 9.59 Å². The molecule has 0 aliphatic rings. The van der Waals surface area contributed by atoms with E-state index in [1.54, 1.807) is 38.2 Å².